The van der Waals surface area contributed by atoms with Crippen molar-refractivity contribution in [2.24, 2.45) is 5.73 Å². The highest BCUT2D eigenvalue weighted by atomic mass is 35.5. The normalized spacial score (nSPS) is 17.0. The molecule has 1 atom stereocenters. The molecule has 1 unspecified atom stereocenters. The van der Waals surface area contributed by atoms with E-state index in [4.69, 9.17) is 17.3 Å². The van der Waals surface area contributed by atoms with Crippen molar-refractivity contribution in [3.05, 3.63) is 81.4 Å². The molecule has 0 bridgehead atoms. The lowest BCUT2D eigenvalue weighted by molar-refractivity contribution is -0.136. The molecule has 3 heterocycles. The molecule has 0 aliphatic carbocycles. The predicted octanol–water partition coefficient (Wildman–Crippen LogP) is 3.18. The van der Waals surface area contributed by atoms with Gasteiger partial charge in [-0.2, -0.15) is 0 Å². The number of amides is 4. The molecule has 188 valence electrons. The third-order valence-electron chi connectivity index (χ3n) is 6.64. The van der Waals surface area contributed by atoms with Gasteiger partial charge in [-0.1, -0.05) is 35.9 Å². The Morgan fingerprint density at radius 2 is 1.97 bits per heavy atom. The van der Waals surface area contributed by atoms with Crippen molar-refractivity contribution in [2.75, 3.05) is 5.32 Å². The summed E-state index contributed by atoms with van der Waals surface area (Å²) in [5.74, 6) is -1.09. The average molecular weight is 518 g/mol. The summed E-state index contributed by atoms with van der Waals surface area (Å²) in [6.45, 7) is 2.58. The number of pyridine rings is 1. The summed E-state index contributed by atoms with van der Waals surface area (Å²) in [4.78, 5) is 54.8. The lowest BCUT2D eigenvalue weighted by Crippen LogP contribution is -2.52. The van der Waals surface area contributed by atoms with Gasteiger partial charge in [0.2, 0.25) is 17.7 Å². The fraction of sp³-hybridized carbons (Fsp3) is 0.222. The van der Waals surface area contributed by atoms with Gasteiger partial charge in [0.1, 0.15) is 11.9 Å². The predicted molar refractivity (Wildman–Crippen MR) is 138 cm³/mol. The van der Waals surface area contributed by atoms with Gasteiger partial charge in [0.15, 0.2) is 0 Å². The first-order chi connectivity index (χ1) is 17.7. The SMILES string of the molecule is Cc1ccc(-c2cc(C(N)=O)cc(NCc3ccc4c(c3)CN(C3CCC(=O)NC3=O)C4=O)n2)cc1Cl. The molecule has 1 fully saturated rings. The fourth-order valence-corrected chi connectivity index (χ4v) is 4.77. The highest BCUT2D eigenvalue weighted by molar-refractivity contribution is 6.31. The third-order valence-corrected chi connectivity index (χ3v) is 7.05. The van der Waals surface area contributed by atoms with Gasteiger partial charge in [0.25, 0.3) is 5.91 Å². The van der Waals surface area contributed by atoms with Crippen LogP contribution in [0.3, 0.4) is 0 Å². The number of nitrogens with one attached hydrogen (secondary N) is 2. The molecular weight excluding hydrogens is 494 g/mol. The Morgan fingerprint density at radius 1 is 1.16 bits per heavy atom. The second-order valence-electron chi connectivity index (χ2n) is 9.20. The number of imide groups is 1. The van der Waals surface area contributed by atoms with Gasteiger partial charge < -0.3 is 16.0 Å². The monoisotopic (exact) mass is 517 g/mol. The van der Waals surface area contributed by atoms with E-state index >= 15 is 0 Å². The van der Waals surface area contributed by atoms with E-state index in [0.717, 1.165) is 22.3 Å². The van der Waals surface area contributed by atoms with Crippen LogP contribution in [0.2, 0.25) is 5.02 Å². The van der Waals surface area contributed by atoms with Crippen LogP contribution >= 0.6 is 11.6 Å². The van der Waals surface area contributed by atoms with Crippen molar-refractivity contribution in [2.45, 2.75) is 38.9 Å². The van der Waals surface area contributed by atoms with E-state index in [-0.39, 0.29) is 18.2 Å². The van der Waals surface area contributed by atoms with Crippen LogP contribution in [-0.4, -0.2) is 39.6 Å². The van der Waals surface area contributed by atoms with E-state index in [1.165, 1.54) is 4.90 Å². The van der Waals surface area contributed by atoms with Crippen LogP contribution in [0, 0.1) is 6.92 Å². The van der Waals surface area contributed by atoms with Crippen LogP contribution in [0.1, 0.15) is 50.2 Å². The number of rotatable bonds is 6. The lowest BCUT2D eigenvalue weighted by atomic mass is 10.0. The van der Waals surface area contributed by atoms with Gasteiger partial charge in [-0.05, 0) is 54.3 Å². The van der Waals surface area contributed by atoms with Crippen molar-refractivity contribution in [1.29, 1.82) is 0 Å². The summed E-state index contributed by atoms with van der Waals surface area (Å²) >= 11 is 6.28. The summed E-state index contributed by atoms with van der Waals surface area (Å²) < 4.78 is 0. The summed E-state index contributed by atoms with van der Waals surface area (Å²) in [6, 6.07) is 13.6. The van der Waals surface area contributed by atoms with Crippen LogP contribution in [0.15, 0.2) is 48.5 Å². The maximum atomic E-state index is 12.9. The summed E-state index contributed by atoms with van der Waals surface area (Å²) in [7, 11) is 0. The topological polar surface area (TPSA) is 134 Å². The number of aromatic nitrogens is 1. The smallest absolute Gasteiger partial charge is 0.255 e. The minimum absolute atomic E-state index is 0.208. The molecule has 1 saturated heterocycles. The van der Waals surface area contributed by atoms with Crippen molar-refractivity contribution in [1.82, 2.24) is 15.2 Å². The Kier molecular flexibility index (Phi) is 6.39. The second-order valence-corrected chi connectivity index (χ2v) is 9.61. The van der Waals surface area contributed by atoms with Crippen LogP contribution < -0.4 is 16.4 Å². The summed E-state index contributed by atoms with van der Waals surface area (Å²) in [6.07, 6.45) is 0.523. The number of nitrogens with zero attached hydrogens (tertiary/aromatic N) is 2. The van der Waals surface area contributed by atoms with Crippen LogP contribution in [0.5, 0.6) is 0 Å². The Bertz CT molecular complexity index is 1470. The van der Waals surface area contributed by atoms with E-state index in [1.807, 2.05) is 31.2 Å². The number of piperidine rings is 1. The number of nitrogens with two attached hydrogens (primary N) is 1. The molecule has 9 nitrogen and oxygen atoms in total. The van der Waals surface area contributed by atoms with Gasteiger partial charge in [-0.15, -0.1) is 0 Å². The maximum Gasteiger partial charge on any atom is 0.255 e. The highest BCUT2D eigenvalue weighted by Gasteiger charge is 2.39. The number of fused-ring (bicyclic) bond motifs is 1. The molecule has 0 spiro atoms. The van der Waals surface area contributed by atoms with Gasteiger partial charge >= 0.3 is 0 Å². The van der Waals surface area contributed by atoms with E-state index in [1.54, 1.807) is 24.3 Å². The number of hydrogen-bond acceptors (Lipinski definition) is 6. The zero-order chi connectivity index (χ0) is 26.3. The molecule has 10 heteroatoms. The molecule has 4 amide bonds. The number of hydrogen-bond donors (Lipinski definition) is 3. The molecule has 37 heavy (non-hydrogen) atoms. The number of carbonyl (C=O) groups excluding carboxylic acids is 4. The largest absolute Gasteiger partial charge is 0.366 e. The van der Waals surface area contributed by atoms with E-state index < -0.39 is 17.9 Å². The molecule has 0 radical (unpaired) electrons. The number of halogens is 1. The number of primary amides is 1. The Morgan fingerprint density at radius 3 is 2.70 bits per heavy atom. The van der Waals surface area contributed by atoms with Crippen molar-refractivity contribution in [3.63, 3.8) is 0 Å². The Labute approximate surface area is 218 Å². The first-order valence-electron chi connectivity index (χ1n) is 11.8. The molecule has 4 N–H and O–H groups in total. The number of carbonyl (C=O) groups is 4. The third kappa shape index (κ3) is 4.90. The number of benzene rings is 2. The quantitative estimate of drug-likeness (QED) is 0.430. The van der Waals surface area contributed by atoms with E-state index in [9.17, 15) is 19.2 Å². The summed E-state index contributed by atoms with van der Waals surface area (Å²) in [5.41, 5.74) is 10.3. The van der Waals surface area contributed by atoms with Crippen molar-refractivity contribution >= 4 is 41.0 Å². The molecule has 2 aliphatic rings. The van der Waals surface area contributed by atoms with Gasteiger partial charge in [-0.3, -0.25) is 24.5 Å². The van der Waals surface area contributed by atoms with Crippen molar-refractivity contribution < 1.29 is 19.2 Å². The van der Waals surface area contributed by atoms with Gasteiger partial charge in [-0.25, -0.2) is 4.98 Å². The van der Waals surface area contributed by atoms with Gasteiger partial charge in [0, 0.05) is 41.2 Å². The zero-order valence-corrected chi connectivity index (χ0v) is 20.8. The van der Waals surface area contributed by atoms with Crippen molar-refractivity contribution in [3.8, 4) is 11.3 Å². The Hall–Kier alpha value is -4.24. The highest BCUT2D eigenvalue weighted by Crippen LogP contribution is 2.29. The van der Waals surface area contributed by atoms with Crippen LogP contribution in [0.25, 0.3) is 11.3 Å². The van der Waals surface area contributed by atoms with E-state index in [0.29, 0.717) is 47.2 Å². The molecule has 1 aromatic heterocycles. The average Bonchev–Trinajstić information content (AvgIpc) is 3.19. The number of aryl methyl sites for hydroxylation is 1. The minimum atomic E-state index is -0.659. The summed E-state index contributed by atoms with van der Waals surface area (Å²) in [5, 5.41) is 6.13. The van der Waals surface area contributed by atoms with Crippen LogP contribution in [0.4, 0.5) is 5.82 Å². The lowest BCUT2D eigenvalue weighted by Gasteiger charge is -2.29. The first kappa shape index (κ1) is 24.5. The zero-order valence-electron chi connectivity index (χ0n) is 20.0. The van der Waals surface area contributed by atoms with E-state index in [2.05, 4.69) is 15.6 Å². The maximum absolute atomic E-state index is 12.9. The second kappa shape index (κ2) is 9.67. The molecular formula is C27H24ClN5O4. The molecule has 5 rings (SSSR count). The Balaban J connectivity index is 1.34. The van der Waals surface area contributed by atoms with Crippen LogP contribution in [-0.2, 0) is 22.7 Å². The standard InChI is InChI=1S/C27H24ClN5O4/c1-14-2-4-16(9-20(14)28)21-10-17(25(29)35)11-23(31-21)30-12-15-3-5-19-18(8-15)13-33(27(19)37)22-6-7-24(34)32-26(22)36/h2-5,8-11,22H,6-7,12-13H2,1H3,(H2,29,35)(H,30,31)(H,32,34,36). The molecule has 3 aromatic rings. The first-order valence-corrected chi connectivity index (χ1v) is 12.2. The fourth-order valence-electron chi connectivity index (χ4n) is 4.59. The van der Waals surface area contributed by atoms with Gasteiger partial charge in [0.05, 0.1) is 5.69 Å². The molecule has 2 aliphatic heterocycles. The number of anilines is 1. The minimum Gasteiger partial charge on any atom is -0.366 e. The molecule has 0 saturated carbocycles. The molecule has 2 aromatic carbocycles.